The van der Waals surface area contributed by atoms with Gasteiger partial charge in [-0.3, -0.25) is 4.79 Å². The Morgan fingerprint density at radius 3 is 3.11 bits per heavy atom. The number of rotatable bonds is 2. The van der Waals surface area contributed by atoms with Crippen molar-refractivity contribution in [1.29, 1.82) is 0 Å². The van der Waals surface area contributed by atoms with Gasteiger partial charge in [0.1, 0.15) is 11.5 Å². The predicted molar refractivity (Wildman–Crippen MR) is 68.5 cm³/mol. The van der Waals surface area contributed by atoms with Gasteiger partial charge in [0, 0.05) is 23.8 Å². The molecular formula is C12H14N4OS. The first-order valence-corrected chi connectivity index (χ1v) is 6.90. The Morgan fingerprint density at radius 2 is 2.44 bits per heavy atom. The number of amides is 1. The number of carbonyl (C=O) groups excluding carboxylic acids is 1. The fraction of sp³-hybridized carbons (Fsp3) is 0.417. The maximum absolute atomic E-state index is 12.3. The molecule has 0 unspecified atom stereocenters. The van der Waals surface area contributed by atoms with E-state index in [4.69, 9.17) is 0 Å². The number of aryl methyl sites for hydroxylation is 1. The van der Waals surface area contributed by atoms with E-state index in [2.05, 4.69) is 15.0 Å². The van der Waals surface area contributed by atoms with Crippen molar-refractivity contribution in [1.82, 2.24) is 19.9 Å². The maximum Gasteiger partial charge on any atom is 0.273 e. The van der Waals surface area contributed by atoms with Crippen LogP contribution < -0.4 is 0 Å². The number of likely N-dealkylation sites (tertiary alicyclic amines) is 1. The smallest absolute Gasteiger partial charge is 0.273 e. The summed E-state index contributed by atoms with van der Waals surface area (Å²) in [6, 6.07) is 0.0629. The third-order valence-corrected chi connectivity index (χ3v) is 3.79. The minimum Gasteiger partial charge on any atom is -0.344 e. The first kappa shape index (κ1) is 11.4. The van der Waals surface area contributed by atoms with Crippen LogP contribution in [0.5, 0.6) is 0 Å². The second-order valence-electron chi connectivity index (χ2n) is 4.48. The molecular weight excluding hydrogens is 248 g/mol. The Kier molecular flexibility index (Phi) is 2.87. The summed E-state index contributed by atoms with van der Waals surface area (Å²) in [5.74, 6) is 0.890. The summed E-state index contributed by atoms with van der Waals surface area (Å²) >= 11 is 1.45. The number of nitrogens with one attached hydrogen (secondary N) is 1. The fourth-order valence-corrected chi connectivity index (χ4v) is 2.89. The highest BCUT2D eigenvalue weighted by molar-refractivity contribution is 7.07. The van der Waals surface area contributed by atoms with E-state index in [9.17, 15) is 4.79 Å². The third-order valence-electron chi connectivity index (χ3n) is 3.20. The van der Waals surface area contributed by atoms with Crippen LogP contribution in [0.15, 0.2) is 17.1 Å². The largest absolute Gasteiger partial charge is 0.344 e. The van der Waals surface area contributed by atoms with E-state index in [-0.39, 0.29) is 11.9 Å². The van der Waals surface area contributed by atoms with Gasteiger partial charge in [-0.2, -0.15) is 0 Å². The molecule has 2 aromatic rings. The molecule has 3 rings (SSSR count). The Bertz CT molecular complexity index is 548. The van der Waals surface area contributed by atoms with Crippen LogP contribution in [-0.2, 0) is 0 Å². The van der Waals surface area contributed by atoms with Crippen molar-refractivity contribution >= 4 is 17.2 Å². The van der Waals surface area contributed by atoms with E-state index in [1.807, 2.05) is 11.8 Å². The number of nitrogens with zero attached hydrogens (tertiary/aromatic N) is 3. The van der Waals surface area contributed by atoms with Crippen LogP contribution in [0.2, 0.25) is 0 Å². The highest BCUT2D eigenvalue weighted by Gasteiger charge is 2.32. The van der Waals surface area contributed by atoms with Crippen molar-refractivity contribution in [3.8, 4) is 0 Å². The van der Waals surface area contributed by atoms with Gasteiger partial charge < -0.3 is 9.88 Å². The second-order valence-corrected chi connectivity index (χ2v) is 5.20. The Hall–Kier alpha value is -1.69. The van der Waals surface area contributed by atoms with Gasteiger partial charge in [-0.25, -0.2) is 9.97 Å². The van der Waals surface area contributed by atoms with E-state index in [0.29, 0.717) is 5.69 Å². The lowest BCUT2D eigenvalue weighted by atomic mass is 10.2. The van der Waals surface area contributed by atoms with E-state index >= 15 is 0 Å². The molecule has 0 aromatic carbocycles. The van der Waals surface area contributed by atoms with Crippen LogP contribution in [0, 0.1) is 6.92 Å². The van der Waals surface area contributed by atoms with E-state index in [1.165, 1.54) is 11.3 Å². The molecule has 1 aliphatic rings. The minimum absolute atomic E-state index is 0.00723. The van der Waals surface area contributed by atoms with Crippen LogP contribution in [0.1, 0.15) is 40.9 Å². The third kappa shape index (κ3) is 1.92. The molecule has 1 fully saturated rings. The Morgan fingerprint density at radius 1 is 1.56 bits per heavy atom. The Labute approximate surface area is 109 Å². The number of thiazole rings is 1. The van der Waals surface area contributed by atoms with E-state index in [1.54, 1.807) is 17.1 Å². The van der Waals surface area contributed by atoms with Gasteiger partial charge in [-0.15, -0.1) is 11.3 Å². The molecule has 2 aromatic heterocycles. The average molecular weight is 262 g/mol. The van der Waals surface area contributed by atoms with Gasteiger partial charge in [-0.05, 0) is 19.8 Å². The number of aromatic amines is 1. The molecule has 3 heterocycles. The van der Waals surface area contributed by atoms with Crippen LogP contribution in [0.25, 0.3) is 0 Å². The normalized spacial score (nSPS) is 19.4. The summed E-state index contributed by atoms with van der Waals surface area (Å²) in [6.45, 7) is 2.75. The highest BCUT2D eigenvalue weighted by atomic mass is 32.1. The van der Waals surface area contributed by atoms with Gasteiger partial charge in [-0.1, -0.05) is 0 Å². The molecule has 0 aliphatic carbocycles. The van der Waals surface area contributed by atoms with Crippen molar-refractivity contribution < 1.29 is 4.79 Å². The molecule has 0 bridgehead atoms. The molecule has 1 saturated heterocycles. The lowest BCUT2D eigenvalue weighted by Gasteiger charge is -2.22. The monoisotopic (exact) mass is 262 g/mol. The summed E-state index contributed by atoms with van der Waals surface area (Å²) < 4.78 is 0. The van der Waals surface area contributed by atoms with Gasteiger partial charge >= 0.3 is 0 Å². The number of hydrogen-bond acceptors (Lipinski definition) is 4. The molecule has 0 saturated carbocycles. The molecule has 1 N–H and O–H groups in total. The molecule has 0 radical (unpaired) electrons. The molecule has 1 atom stereocenters. The summed E-state index contributed by atoms with van der Waals surface area (Å²) in [6.07, 6.45) is 3.78. The first-order chi connectivity index (χ1) is 8.75. The van der Waals surface area contributed by atoms with Crippen molar-refractivity contribution in [2.75, 3.05) is 6.54 Å². The lowest BCUT2D eigenvalue weighted by Crippen LogP contribution is -2.31. The number of hydrogen-bond donors (Lipinski definition) is 1. The van der Waals surface area contributed by atoms with Gasteiger partial charge in [0.25, 0.3) is 5.91 Å². The zero-order valence-corrected chi connectivity index (χ0v) is 10.9. The van der Waals surface area contributed by atoms with Crippen molar-refractivity contribution in [2.24, 2.45) is 0 Å². The van der Waals surface area contributed by atoms with Crippen molar-refractivity contribution in [3.05, 3.63) is 34.3 Å². The van der Waals surface area contributed by atoms with Crippen molar-refractivity contribution in [2.45, 2.75) is 25.8 Å². The van der Waals surface area contributed by atoms with Crippen LogP contribution in [0.3, 0.4) is 0 Å². The zero-order chi connectivity index (χ0) is 12.5. The lowest BCUT2D eigenvalue weighted by molar-refractivity contribution is 0.0725. The summed E-state index contributed by atoms with van der Waals surface area (Å²) in [4.78, 5) is 25.9. The molecule has 0 spiro atoms. The van der Waals surface area contributed by atoms with Crippen molar-refractivity contribution in [3.63, 3.8) is 0 Å². The molecule has 5 nitrogen and oxygen atoms in total. The molecule has 94 valence electrons. The van der Waals surface area contributed by atoms with E-state index < -0.39 is 0 Å². The summed E-state index contributed by atoms with van der Waals surface area (Å²) in [5.41, 5.74) is 3.25. The molecule has 1 amide bonds. The second kappa shape index (κ2) is 4.53. The molecule has 18 heavy (non-hydrogen) atoms. The maximum atomic E-state index is 12.3. The number of H-pyrrole nitrogens is 1. The Balaban J connectivity index is 1.85. The van der Waals surface area contributed by atoms with Crippen LogP contribution in [0.4, 0.5) is 0 Å². The first-order valence-electron chi connectivity index (χ1n) is 5.96. The molecule has 1 aliphatic heterocycles. The topological polar surface area (TPSA) is 61.9 Å². The van der Waals surface area contributed by atoms with Gasteiger partial charge in [0.05, 0.1) is 11.6 Å². The quantitative estimate of drug-likeness (QED) is 0.902. The average Bonchev–Trinajstić information content (AvgIpc) is 3.09. The highest BCUT2D eigenvalue weighted by Crippen LogP contribution is 2.31. The van der Waals surface area contributed by atoms with Gasteiger partial charge in [0.15, 0.2) is 0 Å². The van der Waals surface area contributed by atoms with Crippen LogP contribution >= 0.6 is 11.3 Å². The fourth-order valence-electron chi connectivity index (χ4n) is 2.36. The zero-order valence-electron chi connectivity index (χ0n) is 10.1. The standard InChI is InChI=1S/C12H14N4OS/c1-8-5-13-11(15-8)10-3-2-4-16(10)12(17)9-6-18-7-14-9/h5-7,10H,2-4H2,1H3,(H,13,15)/t10-/m1/s1. The minimum atomic E-state index is 0.00723. The number of carbonyl (C=O) groups is 1. The summed E-state index contributed by atoms with van der Waals surface area (Å²) in [5, 5.41) is 1.80. The van der Waals surface area contributed by atoms with Gasteiger partial charge in [0.2, 0.25) is 0 Å². The van der Waals surface area contributed by atoms with E-state index in [0.717, 1.165) is 30.9 Å². The SMILES string of the molecule is Cc1cnc([C@H]2CCCN2C(=O)c2cscn2)[nH]1. The number of imidazole rings is 1. The number of aromatic nitrogens is 3. The predicted octanol–water partition coefficient (Wildman–Crippen LogP) is 2.15. The van der Waals surface area contributed by atoms with Crippen LogP contribution in [-0.4, -0.2) is 32.3 Å². The summed E-state index contributed by atoms with van der Waals surface area (Å²) in [7, 11) is 0. The molecule has 6 heteroatoms.